The minimum absolute atomic E-state index is 0.134. The number of carbonyl (C=O) groups is 3. The second-order valence-corrected chi connectivity index (χ2v) is 11.4. The second kappa shape index (κ2) is 14.5. The molecular formula is C27H44N8O4. The van der Waals surface area contributed by atoms with Crippen molar-refractivity contribution in [2.45, 2.75) is 90.6 Å². The van der Waals surface area contributed by atoms with E-state index in [1.807, 2.05) is 0 Å². The standard InChI is InChI=1S/C16H26N4O3.C11H18N4O/c1-16(2,3)23-15(22)19-20-11-17-10-13(20)14(21)18-9-12-7-5-4-6-8-12;12-15-8-13-7-10(15)11(16)14-6-9-4-2-1-3-5-9/h10-12H,4-9H2,1-3H3,(H,18,21)(H,19,22);7-9H,1-6,12H2,(H,14,16). The van der Waals surface area contributed by atoms with E-state index in [1.54, 1.807) is 20.8 Å². The van der Waals surface area contributed by atoms with Gasteiger partial charge in [0.05, 0.1) is 12.4 Å². The first-order valence-electron chi connectivity index (χ1n) is 14.0. The van der Waals surface area contributed by atoms with E-state index in [4.69, 9.17) is 10.6 Å². The van der Waals surface area contributed by atoms with E-state index in [0.29, 0.717) is 24.1 Å². The van der Waals surface area contributed by atoms with Crippen molar-refractivity contribution in [2.75, 3.05) is 24.4 Å². The molecule has 2 saturated carbocycles. The molecule has 0 radical (unpaired) electrons. The average Bonchev–Trinajstić information content (AvgIpc) is 3.55. The van der Waals surface area contributed by atoms with Gasteiger partial charge in [0.2, 0.25) is 0 Å². The maximum atomic E-state index is 12.3. The molecule has 4 rings (SSSR count). The Morgan fingerprint density at radius 1 is 0.846 bits per heavy atom. The molecule has 0 saturated heterocycles. The summed E-state index contributed by atoms with van der Waals surface area (Å²) in [6.45, 7) is 6.75. The Kier molecular flexibility index (Phi) is 11.2. The number of imidazole rings is 2. The van der Waals surface area contributed by atoms with Crippen molar-refractivity contribution in [3.05, 3.63) is 36.4 Å². The summed E-state index contributed by atoms with van der Waals surface area (Å²) in [6.07, 6.45) is 17.5. The first-order chi connectivity index (χ1) is 18.6. The van der Waals surface area contributed by atoms with Gasteiger partial charge in [0.25, 0.3) is 11.8 Å². The van der Waals surface area contributed by atoms with E-state index < -0.39 is 11.7 Å². The first-order valence-corrected chi connectivity index (χ1v) is 14.0. The van der Waals surface area contributed by atoms with Gasteiger partial charge in [-0.1, -0.05) is 38.5 Å². The number of nitrogens with zero attached hydrogens (tertiary/aromatic N) is 4. The minimum atomic E-state index is -0.628. The third-order valence-corrected chi connectivity index (χ3v) is 6.93. The molecule has 39 heavy (non-hydrogen) atoms. The molecule has 12 heteroatoms. The lowest BCUT2D eigenvalue weighted by Gasteiger charge is -2.22. The lowest BCUT2D eigenvalue weighted by Crippen LogP contribution is -2.36. The highest BCUT2D eigenvalue weighted by molar-refractivity contribution is 5.93. The number of carbonyl (C=O) groups excluding carboxylic acids is 3. The minimum Gasteiger partial charge on any atom is -0.443 e. The molecule has 2 fully saturated rings. The summed E-state index contributed by atoms with van der Waals surface area (Å²) in [5.74, 6) is 6.34. The van der Waals surface area contributed by atoms with E-state index in [-0.39, 0.29) is 17.5 Å². The van der Waals surface area contributed by atoms with Gasteiger partial charge in [-0.15, -0.1) is 0 Å². The topological polar surface area (TPSA) is 158 Å². The number of hydrogen-bond donors (Lipinski definition) is 4. The summed E-state index contributed by atoms with van der Waals surface area (Å²) >= 11 is 0. The van der Waals surface area contributed by atoms with Gasteiger partial charge in [0, 0.05) is 13.1 Å². The van der Waals surface area contributed by atoms with E-state index in [1.165, 1.54) is 85.8 Å². The number of nitrogens with one attached hydrogen (secondary N) is 3. The largest absolute Gasteiger partial charge is 0.443 e. The average molecular weight is 545 g/mol. The van der Waals surface area contributed by atoms with Crippen LogP contribution in [-0.4, -0.2) is 55.9 Å². The third kappa shape index (κ3) is 10.3. The lowest BCUT2D eigenvalue weighted by atomic mass is 9.89. The monoisotopic (exact) mass is 544 g/mol. The highest BCUT2D eigenvalue weighted by atomic mass is 16.6. The highest BCUT2D eigenvalue weighted by Gasteiger charge is 2.20. The number of hydrogen-bond acceptors (Lipinski definition) is 7. The Balaban J connectivity index is 0.000000230. The van der Waals surface area contributed by atoms with Crippen molar-refractivity contribution in [2.24, 2.45) is 11.8 Å². The Labute approximate surface area is 230 Å². The van der Waals surface area contributed by atoms with Crippen molar-refractivity contribution < 1.29 is 19.1 Å². The summed E-state index contributed by atoms with van der Waals surface area (Å²) in [7, 11) is 0. The quantitative estimate of drug-likeness (QED) is 0.388. The fourth-order valence-electron chi connectivity index (χ4n) is 4.87. The van der Waals surface area contributed by atoms with Gasteiger partial charge in [0.1, 0.15) is 29.6 Å². The molecule has 3 amide bonds. The number of aromatic nitrogens is 4. The summed E-state index contributed by atoms with van der Waals surface area (Å²) in [5, 5.41) is 5.84. The van der Waals surface area contributed by atoms with Crippen molar-refractivity contribution in [3.8, 4) is 0 Å². The number of nitrogen functional groups attached to an aromatic ring is 1. The SMILES string of the molecule is CC(C)(C)OC(=O)Nn1cncc1C(=O)NCC1CCCCC1.Nn1cncc1C(=O)NCC1CCCCC1. The van der Waals surface area contributed by atoms with Crippen LogP contribution in [0.2, 0.25) is 0 Å². The molecule has 2 heterocycles. The molecule has 0 atom stereocenters. The summed E-state index contributed by atoms with van der Waals surface area (Å²) in [5.41, 5.74) is 2.59. The molecule has 0 aliphatic heterocycles. The molecule has 2 aliphatic carbocycles. The molecule has 0 bridgehead atoms. The molecule has 2 aliphatic rings. The van der Waals surface area contributed by atoms with Crippen molar-refractivity contribution in [3.63, 3.8) is 0 Å². The zero-order valence-electron chi connectivity index (χ0n) is 23.4. The Bertz CT molecular complexity index is 1060. The molecule has 2 aromatic rings. The van der Waals surface area contributed by atoms with Crippen LogP contribution in [-0.2, 0) is 4.74 Å². The number of ether oxygens (including phenoxy) is 1. The van der Waals surface area contributed by atoms with Crippen LogP contribution >= 0.6 is 0 Å². The van der Waals surface area contributed by atoms with E-state index in [9.17, 15) is 14.4 Å². The summed E-state index contributed by atoms with van der Waals surface area (Å²) in [6, 6.07) is 0. The molecule has 5 N–H and O–H groups in total. The molecule has 0 unspecified atom stereocenters. The lowest BCUT2D eigenvalue weighted by molar-refractivity contribution is 0.0612. The van der Waals surface area contributed by atoms with Crippen LogP contribution in [0.1, 0.15) is 106 Å². The fourth-order valence-corrected chi connectivity index (χ4v) is 4.87. The van der Waals surface area contributed by atoms with Crippen LogP contribution in [0.25, 0.3) is 0 Å². The van der Waals surface area contributed by atoms with Crippen LogP contribution in [0.4, 0.5) is 4.79 Å². The van der Waals surface area contributed by atoms with Crippen LogP contribution in [0.5, 0.6) is 0 Å². The van der Waals surface area contributed by atoms with Crippen molar-refractivity contribution in [1.82, 2.24) is 30.0 Å². The molecule has 216 valence electrons. The van der Waals surface area contributed by atoms with Crippen LogP contribution in [0.3, 0.4) is 0 Å². The summed E-state index contributed by atoms with van der Waals surface area (Å²) in [4.78, 5) is 43.5. The van der Waals surface area contributed by atoms with Crippen LogP contribution in [0, 0.1) is 11.8 Å². The Morgan fingerprint density at radius 2 is 1.33 bits per heavy atom. The maximum Gasteiger partial charge on any atom is 0.427 e. The molecule has 0 spiro atoms. The van der Waals surface area contributed by atoms with Crippen LogP contribution < -0.4 is 21.9 Å². The summed E-state index contributed by atoms with van der Waals surface area (Å²) < 4.78 is 7.70. The second-order valence-electron chi connectivity index (χ2n) is 11.4. The van der Waals surface area contributed by atoms with Gasteiger partial charge in [-0.3, -0.25) is 9.59 Å². The molecule has 0 aromatic carbocycles. The van der Waals surface area contributed by atoms with Gasteiger partial charge < -0.3 is 21.2 Å². The normalized spacial score (nSPS) is 16.5. The molecular weight excluding hydrogens is 500 g/mol. The van der Waals surface area contributed by atoms with E-state index >= 15 is 0 Å². The van der Waals surface area contributed by atoms with Crippen LogP contribution in [0.15, 0.2) is 25.0 Å². The van der Waals surface area contributed by atoms with Gasteiger partial charge in [-0.05, 0) is 58.3 Å². The highest BCUT2D eigenvalue weighted by Crippen LogP contribution is 2.23. The zero-order chi connectivity index (χ0) is 28.3. The third-order valence-electron chi connectivity index (χ3n) is 6.93. The molecule has 12 nitrogen and oxygen atoms in total. The van der Waals surface area contributed by atoms with Gasteiger partial charge in [0.15, 0.2) is 0 Å². The van der Waals surface area contributed by atoms with Crippen molar-refractivity contribution >= 4 is 17.9 Å². The fraction of sp³-hybridized carbons (Fsp3) is 0.667. The Hall–Kier alpha value is -3.57. The van der Waals surface area contributed by atoms with Crippen molar-refractivity contribution in [1.29, 1.82) is 0 Å². The number of nitrogens with two attached hydrogens (primary N) is 1. The molecule has 2 aromatic heterocycles. The predicted octanol–water partition coefficient (Wildman–Crippen LogP) is 3.58. The maximum absolute atomic E-state index is 12.3. The Morgan fingerprint density at radius 3 is 1.82 bits per heavy atom. The predicted molar refractivity (Wildman–Crippen MR) is 148 cm³/mol. The van der Waals surface area contributed by atoms with E-state index in [0.717, 1.165) is 19.4 Å². The van der Waals surface area contributed by atoms with Gasteiger partial charge in [-0.25, -0.2) is 29.5 Å². The smallest absolute Gasteiger partial charge is 0.427 e. The zero-order valence-corrected chi connectivity index (χ0v) is 23.4. The number of amides is 3. The van der Waals surface area contributed by atoms with Gasteiger partial charge >= 0.3 is 6.09 Å². The first kappa shape index (κ1) is 30.0. The van der Waals surface area contributed by atoms with Gasteiger partial charge in [-0.2, -0.15) is 0 Å². The van der Waals surface area contributed by atoms with E-state index in [2.05, 4.69) is 26.0 Å². The number of rotatable bonds is 7.